The van der Waals surface area contributed by atoms with E-state index in [1.807, 2.05) is 0 Å². The van der Waals surface area contributed by atoms with Crippen molar-refractivity contribution in [3.8, 4) is 5.75 Å². The first-order valence-electron chi connectivity index (χ1n) is 5.88. The van der Waals surface area contributed by atoms with E-state index in [1.54, 1.807) is 11.0 Å². The minimum atomic E-state index is -0.556. The topological polar surface area (TPSA) is 29.5 Å². The minimum absolute atomic E-state index is 0.0767. The van der Waals surface area contributed by atoms with Gasteiger partial charge in [0.2, 0.25) is 0 Å². The average molecular weight is 272 g/mol. The molecule has 0 aromatic heterocycles. The van der Waals surface area contributed by atoms with Gasteiger partial charge in [0.15, 0.2) is 0 Å². The molecule has 0 spiro atoms. The lowest BCUT2D eigenvalue weighted by Crippen LogP contribution is -2.35. The minimum Gasteiger partial charge on any atom is -0.497 e. The molecule has 0 N–H and O–H groups in total. The standard InChI is InChI=1S/C13H15ClFNO2/c1-18-10-4-5-11(12(15)8-10)13(17)16(7-6-14)9-2-3-9/h4-5,8-9H,2-3,6-7H2,1H3. The summed E-state index contributed by atoms with van der Waals surface area (Å²) in [6.45, 7) is 0.455. The molecule has 1 saturated carbocycles. The first-order chi connectivity index (χ1) is 8.67. The number of carbonyl (C=O) groups excluding carboxylic acids is 1. The van der Waals surface area contributed by atoms with Gasteiger partial charge in [0, 0.05) is 24.5 Å². The number of rotatable bonds is 5. The second-order valence-electron chi connectivity index (χ2n) is 4.26. The number of carbonyl (C=O) groups is 1. The van der Waals surface area contributed by atoms with Gasteiger partial charge in [-0.1, -0.05) is 0 Å². The molecule has 0 unspecified atom stereocenters. The van der Waals surface area contributed by atoms with E-state index in [1.165, 1.54) is 19.2 Å². The van der Waals surface area contributed by atoms with Crippen LogP contribution in [-0.4, -0.2) is 36.4 Å². The van der Waals surface area contributed by atoms with Crippen molar-refractivity contribution >= 4 is 17.5 Å². The van der Waals surface area contributed by atoms with Crippen molar-refractivity contribution < 1.29 is 13.9 Å². The third-order valence-corrected chi connectivity index (χ3v) is 3.15. The highest BCUT2D eigenvalue weighted by atomic mass is 35.5. The van der Waals surface area contributed by atoms with Crippen LogP contribution < -0.4 is 4.74 Å². The summed E-state index contributed by atoms with van der Waals surface area (Å²) >= 11 is 5.68. The van der Waals surface area contributed by atoms with Gasteiger partial charge < -0.3 is 9.64 Å². The monoisotopic (exact) mass is 271 g/mol. The zero-order valence-electron chi connectivity index (χ0n) is 10.2. The highest BCUT2D eigenvalue weighted by Crippen LogP contribution is 2.29. The Hall–Kier alpha value is -1.29. The van der Waals surface area contributed by atoms with Crippen LogP contribution in [0.1, 0.15) is 23.2 Å². The SMILES string of the molecule is COc1ccc(C(=O)N(CCCl)C2CC2)c(F)c1. The Balaban J connectivity index is 2.21. The number of hydrogen-bond acceptors (Lipinski definition) is 2. The van der Waals surface area contributed by atoms with Crippen molar-refractivity contribution in [3.63, 3.8) is 0 Å². The molecule has 1 aliphatic carbocycles. The molecule has 0 saturated heterocycles. The maximum Gasteiger partial charge on any atom is 0.257 e. The highest BCUT2D eigenvalue weighted by Gasteiger charge is 2.33. The maximum atomic E-state index is 13.8. The summed E-state index contributed by atoms with van der Waals surface area (Å²) in [6, 6.07) is 4.49. The van der Waals surface area contributed by atoms with Gasteiger partial charge in [0.1, 0.15) is 11.6 Å². The summed E-state index contributed by atoms with van der Waals surface area (Å²) in [5, 5.41) is 0. The molecule has 1 aromatic carbocycles. The van der Waals surface area contributed by atoms with Crippen LogP contribution in [0.2, 0.25) is 0 Å². The number of ether oxygens (including phenoxy) is 1. The molecule has 0 radical (unpaired) electrons. The number of halogens is 2. The molecular formula is C13H15ClFNO2. The molecule has 1 aliphatic rings. The summed E-state index contributed by atoms with van der Waals surface area (Å²) < 4.78 is 18.7. The number of hydrogen-bond donors (Lipinski definition) is 0. The number of benzene rings is 1. The van der Waals surface area contributed by atoms with Crippen molar-refractivity contribution in [2.24, 2.45) is 0 Å². The first-order valence-corrected chi connectivity index (χ1v) is 6.41. The fraction of sp³-hybridized carbons (Fsp3) is 0.462. The Morgan fingerprint density at radius 1 is 1.56 bits per heavy atom. The third-order valence-electron chi connectivity index (χ3n) is 2.98. The van der Waals surface area contributed by atoms with E-state index in [0.717, 1.165) is 12.8 Å². The molecule has 0 heterocycles. The normalized spacial score (nSPS) is 14.4. The van der Waals surface area contributed by atoms with Crippen LogP contribution in [0.5, 0.6) is 5.75 Å². The van der Waals surface area contributed by atoms with Gasteiger partial charge in [-0.05, 0) is 25.0 Å². The van der Waals surface area contributed by atoms with Crippen molar-refractivity contribution in [2.45, 2.75) is 18.9 Å². The Kier molecular flexibility index (Phi) is 4.07. The molecule has 1 aromatic rings. The number of nitrogens with zero attached hydrogens (tertiary/aromatic N) is 1. The van der Waals surface area contributed by atoms with E-state index in [0.29, 0.717) is 18.2 Å². The van der Waals surface area contributed by atoms with Gasteiger partial charge in [0.25, 0.3) is 5.91 Å². The fourth-order valence-corrected chi connectivity index (χ4v) is 2.06. The number of methoxy groups -OCH3 is 1. The molecule has 1 fully saturated rings. The predicted octanol–water partition coefficient (Wildman–Crippen LogP) is 2.68. The molecule has 3 nitrogen and oxygen atoms in total. The van der Waals surface area contributed by atoms with Crippen LogP contribution in [-0.2, 0) is 0 Å². The van der Waals surface area contributed by atoms with Gasteiger partial charge in [-0.25, -0.2) is 4.39 Å². The molecule has 0 aliphatic heterocycles. The van der Waals surface area contributed by atoms with Crippen molar-refractivity contribution in [1.82, 2.24) is 4.90 Å². The Labute approximate surface area is 110 Å². The van der Waals surface area contributed by atoms with E-state index in [9.17, 15) is 9.18 Å². The predicted molar refractivity (Wildman–Crippen MR) is 67.7 cm³/mol. The van der Waals surface area contributed by atoms with E-state index in [-0.39, 0.29) is 17.5 Å². The smallest absolute Gasteiger partial charge is 0.257 e. The van der Waals surface area contributed by atoms with Crippen LogP contribution in [0.15, 0.2) is 18.2 Å². The third kappa shape index (κ3) is 2.75. The zero-order valence-corrected chi connectivity index (χ0v) is 10.9. The first kappa shape index (κ1) is 13.1. The quantitative estimate of drug-likeness (QED) is 0.771. The number of amides is 1. The fourth-order valence-electron chi connectivity index (χ4n) is 1.88. The van der Waals surface area contributed by atoms with E-state index in [4.69, 9.17) is 16.3 Å². The zero-order chi connectivity index (χ0) is 13.1. The highest BCUT2D eigenvalue weighted by molar-refractivity contribution is 6.18. The van der Waals surface area contributed by atoms with Crippen molar-refractivity contribution in [2.75, 3.05) is 19.5 Å². The molecule has 0 atom stereocenters. The number of alkyl halides is 1. The summed E-state index contributed by atoms with van der Waals surface area (Å²) in [5.41, 5.74) is 0.0767. The second-order valence-corrected chi connectivity index (χ2v) is 4.64. The van der Waals surface area contributed by atoms with Gasteiger partial charge in [-0.3, -0.25) is 4.79 Å². The molecule has 0 bridgehead atoms. The van der Waals surface area contributed by atoms with E-state index >= 15 is 0 Å². The molecule has 98 valence electrons. The maximum absolute atomic E-state index is 13.8. The Morgan fingerprint density at radius 2 is 2.28 bits per heavy atom. The molecular weight excluding hydrogens is 257 g/mol. The second kappa shape index (κ2) is 5.57. The van der Waals surface area contributed by atoms with Crippen molar-refractivity contribution in [3.05, 3.63) is 29.6 Å². The summed E-state index contributed by atoms with van der Waals surface area (Å²) in [6.07, 6.45) is 1.95. The average Bonchev–Trinajstić information content (AvgIpc) is 3.19. The van der Waals surface area contributed by atoms with Crippen LogP contribution in [0.3, 0.4) is 0 Å². The summed E-state index contributed by atoms with van der Waals surface area (Å²) in [7, 11) is 1.46. The van der Waals surface area contributed by atoms with Gasteiger partial charge in [-0.2, -0.15) is 0 Å². The summed E-state index contributed by atoms with van der Waals surface area (Å²) in [5.74, 6) is -0.0859. The largest absolute Gasteiger partial charge is 0.497 e. The van der Waals surface area contributed by atoms with Crippen LogP contribution >= 0.6 is 11.6 Å². The van der Waals surface area contributed by atoms with Gasteiger partial charge >= 0.3 is 0 Å². The van der Waals surface area contributed by atoms with Gasteiger partial charge in [-0.15, -0.1) is 11.6 Å². The Bertz CT molecular complexity index is 449. The van der Waals surface area contributed by atoms with Crippen LogP contribution in [0.4, 0.5) is 4.39 Å². The lowest BCUT2D eigenvalue weighted by Gasteiger charge is -2.21. The summed E-state index contributed by atoms with van der Waals surface area (Å²) in [4.78, 5) is 13.9. The van der Waals surface area contributed by atoms with Crippen LogP contribution in [0.25, 0.3) is 0 Å². The molecule has 2 rings (SSSR count). The molecule has 18 heavy (non-hydrogen) atoms. The lowest BCUT2D eigenvalue weighted by molar-refractivity contribution is 0.0749. The van der Waals surface area contributed by atoms with Crippen molar-refractivity contribution in [1.29, 1.82) is 0 Å². The van der Waals surface area contributed by atoms with E-state index in [2.05, 4.69) is 0 Å². The van der Waals surface area contributed by atoms with Crippen LogP contribution in [0, 0.1) is 5.82 Å². The Morgan fingerprint density at radius 3 is 2.78 bits per heavy atom. The molecule has 5 heteroatoms. The molecule has 1 amide bonds. The van der Waals surface area contributed by atoms with E-state index < -0.39 is 5.82 Å². The lowest BCUT2D eigenvalue weighted by atomic mass is 10.1. The van der Waals surface area contributed by atoms with Gasteiger partial charge in [0.05, 0.1) is 12.7 Å².